The van der Waals surface area contributed by atoms with E-state index in [0.29, 0.717) is 11.3 Å². The summed E-state index contributed by atoms with van der Waals surface area (Å²) in [5, 5.41) is 0.179. The summed E-state index contributed by atoms with van der Waals surface area (Å²) >= 11 is 6.78. The maximum Gasteiger partial charge on any atom is 0.160 e. The molecule has 21 heavy (non-hydrogen) atoms. The lowest BCUT2D eigenvalue weighted by Gasteiger charge is -2.41. The zero-order valence-corrected chi connectivity index (χ0v) is 14.4. The second kappa shape index (κ2) is 6.91. The van der Waals surface area contributed by atoms with Crippen molar-refractivity contribution in [1.82, 2.24) is 0 Å². The molecule has 1 aliphatic rings. The fraction of sp³-hybridized carbons (Fsp3) is 0.667. The number of halogens is 1. The van der Waals surface area contributed by atoms with Crippen LogP contribution in [0.3, 0.4) is 0 Å². The molecular weight excluding hydrogens is 284 g/mol. The molecule has 1 aromatic rings. The van der Waals surface area contributed by atoms with Crippen LogP contribution in [0, 0.1) is 11.3 Å². The van der Waals surface area contributed by atoms with Crippen molar-refractivity contribution in [3.8, 4) is 11.5 Å². The summed E-state index contributed by atoms with van der Waals surface area (Å²) in [6.45, 7) is 4.72. The Kier molecular flexibility index (Phi) is 5.43. The number of ether oxygens (including phenoxy) is 2. The van der Waals surface area contributed by atoms with Gasteiger partial charge in [-0.05, 0) is 48.3 Å². The molecule has 0 saturated heterocycles. The molecule has 1 aliphatic carbocycles. The van der Waals surface area contributed by atoms with Crippen LogP contribution < -0.4 is 9.47 Å². The highest BCUT2D eigenvalue weighted by atomic mass is 35.5. The largest absolute Gasteiger partial charge is 0.493 e. The van der Waals surface area contributed by atoms with Crippen molar-refractivity contribution in [3.05, 3.63) is 23.8 Å². The lowest BCUT2D eigenvalue weighted by Crippen LogP contribution is -2.35. The molecule has 0 radical (unpaired) electrons. The molecule has 1 fully saturated rings. The van der Waals surface area contributed by atoms with Crippen LogP contribution >= 0.6 is 11.6 Å². The molecule has 2 unspecified atom stereocenters. The van der Waals surface area contributed by atoms with E-state index in [1.165, 1.54) is 31.2 Å². The van der Waals surface area contributed by atoms with Gasteiger partial charge in [-0.2, -0.15) is 0 Å². The van der Waals surface area contributed by atoms with Crippen molar-refractivity contribution in [2.24, 2.45) is 11.3 Å². The minimum Gasteiger partial charge on any atom is -0.493 e. The third kappa shape index (κ3) is 3.85. The van der Waals surface area contributed by atoms with Crippen molar-refractivity contribution in [2.45, 2.75) is 51.3 Å². The fourth-order valence-corrected chi connectivity index (χ4v) is 4.21. The highest BCUT2D eigenvalue weighted by molar-refractivity contribution is 6.21. The molecular formula is C18H27ClO2. The van der Waals surface area contributed by atoms with E-state index < -0.39 is 0 Å². The molecule has 0 aliphatic heterocycles. The van der Waals surface area contributed by atoms with Gasteiger partial charge in [-0.15, -0.1) is 11.6 Å². The van der Waals surface area contributed by atoms with E-state index in [-0.39, 0.29) is 5.38 Å². The van der Waals surface area contributed by atoms with Gasteiger partial charge < -0.3 is 9.47 Å². The van der Waals surface area contributed by atoms with Crippen molar-refractivity contribution in [2.75, 3.05) is 14.2 Å². The molecule has 2 rings (SSSR count). The van der Waals surface area contributed by atoms with E-state index in [2.05, 4.69) is 19.9 Å². The maximum atomic E-state index is 6.78. The average molecular weight is 311 g/mol. The molecule has 1 saturated carbocycles. The minimum absolute atomic E-state index is 0.179. The summed E-state index contributed by atoms with van der Waals surface area (Å²) in [5.74, 6) is 2.13. The number of alkyl halides is 1. The van der Waals surface area contributed by atoms with Crippen molar-refractivity contribution >= 4 is 11.6 Å². The zero-order valence-electron chi connectivity index (χ0n) is 13.6. The van der Waals surface area contributed by atoms with E-state index in [1.54, 1.807) is 14.2 Å². The maximum absolute atomic E-state index is 6.78. The molecule has 0 spiro atoms. The molecule has 0 N–H and O–H groups in total. The Hall–Kier alpha value is -0.890. The Balaban J connectivity index is 2.10. The van der Waals surface area contributed by atoms with Gasteiger partial charge in [0.2, 0.25) is 0 Å². The quantitative estimate of drug-likeness (QED) is 0.707. The van der Waals surface area contributed by atoms with Crippen LogP contribution in [0.4, 0.5) is 0 Å². The summed E-state index contributed by atoms with van der Waals surface area (Å²) in [4.78, 5) is 0. The molecule has 0 heterocycles. The predicted molar refractivity (Wildman–Crippen MR) is 88.6 cm³/mol. The molecule has 118 valence electrons. The number of benzene rings is 1. The second-order valence-electron chi connectivity index (χ2n) is 6.75. The third-order valence-corrected chi connectivity index (χ3v) is 5.36. The normalized spacial score (nSPS) is 22.6. The number of hydrogen-bond donors (Lipinski definition) is 0. The van der Waals surface area contributed by atoms with Crippen LogP contribution in [-0.2, 0) is 6.42 Å². The van der Waals surface area contributed by atoms with Crippen molar-refractivity contribution in [3.63, 3.8) is 0 Å². The number of rotatable bonds is 5. The van der Waals surface area contributed by atoms with Gasteiger partial charge in [0.05, 0.1) is 14.2 Å². The highest BCUT2D eigenvalue weighted by Crippen LogP contribution is 2.44. The molecule has 2 nitrogen and oxygen atoms in total. The van der Waals surface area contributed by atoms with Gasteiger partial charge >= 0.3 is 0 Å². The van der Waals surface area contributed by atoms with Gasteiger partial charge in [-0.3, -0.25) is 0 Å². The Bertz CT molecular complexity index is 470. The van der Waals surface area contributed by atoms with E-state index in [1.807, 2.05) is 12.1 Å². The van der Waals surface area contributed by atoms with Gasteiger partial charge in [-0.1, -0.05) is 32.8 Å². The first kappa shape index (κ1) is 16.5. The Morgan fingerprint density at radius 1 is 1.19 bits per heavy atom. The number of hydrogen-bond acceptors (Lipinski definition) is 2. The van der Waals surface area contributed by atoms with Crippen LogP contribution in [0.15, 0.2) is 18.2 Å². The van der Waals surface area contributed by atoms with Crippen LogP contribution in [-0.4, -0.2) is 19.6 Å². The minimum atomic E-state index is 0.179. The lowest BCUT2D eigenvalue weighted by molar-refractivity contribution is 0.133. The third-order valence-electron chi connectivity index (χ3n) is 4.91. The van der Waals surface area contributed by atoms with Crippen LogP contribution in [0.5, 0.6) is 11.5 Å². The monoisotopic (exact) mass is 310 g/mol. The van der Waals surface area contributed by atoms with E-state index in [4.69, 9.17) is 21.1 Å². The molecule has 0 bridgehead atoms. The predicted octanol–water partition coefficient (Wildman–Crippen LogP) is 5.07. The lowest BCUT2D eigenvalue weighted by atomic mass is 9.67. The summed E-state index contributed by atoms with van der Waals surface area (Å²) in [6, 6.07) is 6.10. The summed E-state index contributed by atoms with van der Waals surface area (Å²) < 4.78 is 10.7. The van der Waals surface area contributed by atoms with Crippen molar-refractivity contribution in [1.29, 1.82) is 0 Å². The molecule has 3 heteroatoms. The topological polar surface area (TPSA) is 18.5 Å². The van der Waals surface area contributed by atoms with Gasteiger partial charge in [-0.25, -0.2) is 0 Å². The molecule has 0 aromatic heterocycles. The SMILES string of the molecule is COc1ccc(CC(Cl)C2CCCCC2(C)C)cc1OC. The summed E-state index contributed by atoms with van der Waals surface area (Å²) in [7, 11) is 3.33. The second-order valence-corrected chi connectivity index (χ2v) is 7.31. The van der Waals surface area contributed by atoms with Gasteiger partial charge in [0.25, 0.3) is 0 Å². The van der Waals surface area contributed by atoms with Gasteiger partial charge in [0.1, 0.15) is 0 Å². The Labute approximate surface area is 133 Å². The Morgan fingerprint density at radius 3 is 2.52 bits per heavy atom. The smallest absolute Gasteiger partial charge is 0.160 e. The number of methoxy groups -OCH3 is 2. The first-order chi connectivity index (χ1) is 9.97. The summed E-state index contributed by atoms with van der Waals surface area (Å²) in [6.07, 6.45) is 6.06. The van der Waals surface area contributed by atoms with Crippen LogP contribution in [0.1, 0.15) is 45.1 Å². The molecule has 2 atom stereocenters. The van der Waals surface area contributed by atoms with E-state index in [0.717, 1.165) is 17.9 Å². The zero-order chi connectivity index (χ0) is 15.5. The van der Waals surface area contributed by atoms with Crippen LogP contribution in [0.2, 0.25) is 0 Å². The molecule has 0 amide bonds. The fourth-order valence-electron chi connectivity index (χ4n) is 3.57. The van der Waals surface area contributed by atoms with Crippen molar-refractivity contribution < 1.29 is 9.47 Å². The first-order valence-electron chi connectivity index (χ1n) is 7.83. The molecule has 1 aromatic carbocycles. The van der Waals surface area contributed by atoms with Crippen LogP contribution in [0.25, 0.3) is 0 Å². The Morgan fingerprint density at radius 2 is 1.90 bits per heavy atom. The first-order valence-corrected chi connectivity index (χ1v) is 8.26. The van der Waals surface area contributed by atoms with Gasteiger partial charge in [0, 0.05) is 5.38 Å². The average Bonchev–Trinajstić information content (AvgIpc) is 2.46. The summed E-state index contributed by atoms with van der Waals surface area (Å²) in [5.41, 5.74) is 1.57. The standard InChI is InChI=1S/C18H27ClO2/c1-18(2)10-6-5-7-14(18)15(19)11-13-8-9-16(20-3)17(12-13)21-4/h8-9,12,14-15H,5-7,10-11H2,1-4H3. The van der Waals surface area contributed by atoms with Gasteiger partial charge in [0.15, 0.2) is 11.5 Å². The van der Waals surface area contributed by atoms with E-state index in [9.17, 15) is 0 Å². The van der Waals surface area contributed by atoms with E-state index >= 15 is 0 Å². The highest BCUT2D eigenvalue weighted by Gasteiger charge is 2.36.